The zero-order valence-corrected chi connectivity index (χ0v) is 17.3. The first-order chi connectivity index (χ1) is 13.3. The summed E-state index contributed by atoms with van der Waals surface area (Å²) in [5, 5.41) is 2.85. The van der Waals surface area contributed by atoms with E-state index in [0.717, 1.165) is 42.7 Å². The van der Waals surface area contributed by atoms with Crippen LogP contribution in [0.4, 0.5) is 0 Å². The Morgan fingerprint density at radius 3 is 2.39 bits per heavy atom. The second-order valence-electron chi connectivity index (χ2n) is 9.65. The number of thiophene rings is 1. The second-order valence-corrected chi connectivity index (χ2v) is 10.6. The van der Waals surface area contributed by atoms with E-state index in [2.05, 4.69) is 26.2 Å². The van der Waals surface area contributed by atoms with Gasteiger partial charge in [-0.2, -0.15) is 5.01 Å². The van der Waals surface area contributed by atoms with E-state index in [-0.39, 0.29) is 35.3 Å². The van der Waals surface area contributed by atoms with Gasteiger partial charge in [0.1, 0.15) is 0 Å². The Bertz CT molecular complexity index is 842. The van der Waals surface area contributed by atoms with Crippen molar-refractivity contribution in [2.45, 2.75) is 65.1 Å². The highest BCUT2D eigenvalue weighted by Gasteiger charge is 2.63. The molecule has 0 radical (unpaired) electrons. The van der Waals surface area contributed by atoms with E-state index in [1.54, 1.807) is 11.3 Å². The van der Waals surface area contributed by atoms with Crippen LogP contribution in [-0.2, 0) is 27.2 Å². The topological polar surface area (TPSA) is 75.7 Å². The van der Waals surface area contributed by atoms with Gasteiger partial charge in [-0.25, -0.2) is 0 Å². The van der Waals surface area contributed by atoms with E-state index in [0.29, 0.717) is 11.5 Å². The minimum atomic E-state index is -0.421. The Hall–Kier alpha value is -1.73. The third-order valence-corrected chi connectivity index (χ3v) is 8.17. The van der Waals surface area contributed by atoms with E-state index < -0.39 is 11.8 Å². The molecule has 1 N–H and O–H groups in total. The van der Waals surface area contributed by atoms with Gasteiger partial charge in [-0.05, 0) is 49.0 Å². The minimum absolute atomic E-state index is 0.170. The number of hydrogen-bond donors (Lipinski definition) is 1. The van der Waals surface area contributed by atoms with Crippen molar-refractivity contribution in [2.24, 2.45) is 23.2 Å². The molecule has 0 aromatic carbocycles. The fraction of sp³-hybridized carbons (Fsp3) is 0.667. The van der Waals surface area contributed by atoms with Crippen LogP contribution in [0, 0.1) is 23.2 Å². The lowest BCUT2D eigenvalue weighted by atomic mass is 9.72. The van der Waals surface area contributed by atoms with Gasteiger partial charge in [0.05, 0.1) is 29.6 Å². The molecule has 5 rings (SSSR count). The molecule has 4 heterocycles. The fourth-order valence-electron chi connectivity index (χ4n) is 5.43. The number of amides is 3. The molecule has 3 saturated heterocycles. The molecule has 0 spiro atoms. The van der Waals surface area contributed by atoms with Gasteiger partial charge in [0.2, 0.25) is 0 Å². The van der Waals surface area contributed by atoms with Gasteiger partial charge >= 0.3 is 0 Å². The van der Waals surface area contributed by atoms with Crippen molar-refractivity contribution in [3.05, 3.63) is 21.4 Å². The molecule has 150 valence electrons. The van der Waals surface area contributed by atoms with Gasteiger partial charge in [0.25, 0.3) is 17.7 Å². The van der Waals surface area contributed by atoms with Gasteiger partial charge in [-0.1, -0.05) is 20.8 Å². The predicted molar refractivity (Wildman–Crippen MR) is 103 cm³/mol. The third-order valence-electron chi connectivity index (χ3n) is 7.12. The van der Waals surface area contributed by atoms with Crippen LogP contribution in [0.15, 0.2) is 5.38 Å². The van der Waals surface area contributed by atoms with Crippen molar-refractivity contribution in [1.29, 1.82) is 0 Å². The number of hydrazine groups is 1. The van der Waals surface area contributed by atoms with E-state index in [1.165, 1.54) is 4.88 Å². The number of imide groups is 1. The zero-order chi connectivity index (χ0) is 19.8. The lowest BCUT2D eigenvalue weighted by molar-refractivity contribution is -0.145. The van der Waals surface area contributed by atoms with Gasteiger partial charge < -0.3 is 4.74 Å². The standard InChI is InChI=1S/C21H26N2O4S/c1-21(2,3)10-4-5-11-12(9-28-15(11)8-10)18(24)22-23-19(25)16-13-6-7-14(27-13)17(16)20(23)26/h9-10,13-14,16-17H,4-8H2,1-3H3,(H,22,24)/t10-,13-,14+,16+,17-/m0/s1. The smallest absolute Gasteiger partial charge is 0.271 e. The summed E-state index contributed by atoms with van der Waals surface area (Å²) in [6.45, 7) is 6.80. The van der Waals surface area contributed by atoms with Crippen LogP contribution in [0.1, 0.15) is 60.8 Å². The highest BCUT2D eigenvalue weighted by Crippen LogP contribution is 2.48. The highest BCUT2D eigenvalue weighted by atomic mass is 32.1. The number of ether oxygens (including phenoxy) is 1. The maximum absolute atomic E-state index is 12.9. The number of fused-ring (bicyclic) bond motifs is 6. The molecule has 1 aromatic rings. The molecular formula is C21H26N2O4S. The summed E-state index contributed by atoms with van der Waals surface area (Å²) in [7, 11) is 0. The second kappa shape index (κ2) is 6.13. The minimum Gasteiger partial charge on any atom is -0.373 e. The van der Waals surface area contributed by atoms with Crippen molar-refractivity contribution >= 4 is 29.1 Å². The Balaban J connectivity index is 1.33. The Morgan fingerprint density at radius 1 is 1.14 bits per heavy atom. The van der Waals surface area contributed by atoms with Crippen LogP contribution in [0.5, 0.6) is 0 Å². The average molecular weight is 403 g/mol. The molecule has 1 aliphatic carbocycles. The summed E-state index contributed by atoms with van der Waals surface area (Å²) < 4.78 is 5.74. The van der Waals surface area contributed by atoms with Crippen molar-refractivity contribution in [3.63, 3.8) is 0 Å². The quantitative estimate of drug-likeness (QED) is 0.772. The third kappa shape index (κ3) is 2.59. The molecule has 1 aromatic heterocycles. The zero-order valence-electron chi connectivity index (χ0n) is 16.5. The van der Waals surface area contributed by atoms with Crippen molar-refractivity contribution in [2.75, 3.05) is 0 Å². The monoisotopic (exact) mass is 402 g/mol. The van der Waals surface area contributed by atoms with Crippen LogP contribution in [0.2, 0.25) is 0 Å². The first-order valence-corrected chi connectivity index (χ1v) is 11.1. The first-order valence-electron chi connectivity index (χ1n) is 10.2. The van der Waals surface area contributed by atoms with E-state index in [1.807, 2.05) is 5.38 Å². The number of carbonyl (C=O) groups is 3. The summed E-state index contributed by atoms with van der Waals surface area (Å²) in [5.41, 5.74) is 4.57. The normalized spacial score (nSPS) is 34.0. The fourth-order valence-corrected chi connectivity index (χ4v) is 6.59. The van der Waals surface area contributed by atoms with Crippen LogP contribution >= 0.6 is 11.3 Å². The molecule has 5 atom stereocenters. The molecule has 6 nitrogen and oxygen atoms in total. The Labute approximate surface area is 168 Å². The van der Waals surface area contributed by atoms with E-state index >= 15 is 0 Å². The Morgan fingerprint density at radius 2 is 1.79 bits per heavy atom. The van der Waals surface area contributed by atoms with Gasteiger partial charge in [0.15, 0.2) is 0 Å². The largest absolute Gasteiger partial charge is 0.373 e. The average Bonchev–Trinajstić information content (AvgIpc) is 3.39. The number of carbonyl (C=O) groups excluding carboxylic acids is 3. The lowest BCUT2D eigenvalue weighted by Crippen LogP contribution is -2.48. The molecule has 2 bridgehead atoms. The van der Waals surface area contributed by atoms with Gasteiger partial charge in [0, 0.05) is 10.3 Å². The highest BCUT2D eigenvalue weighted by molar-refractivity contribution is 7.10. The molecule has 3 aliphatic heterocycles. The SMILES string of the molecule is CC(C)(C)[C@H]1CCc2c(C(=O)NN3C(=O)[C@@H]4[C@H](C3=O)[C@@H]3CC[C@H]4O3)csc2C1. The van der Waals surface area contributed by atoms with Crippen LogP contribution in [0.3, 0.4) is 0 Å². The van der Waals surface area contributed by atoms with E-state index in [9.17, 15) is 14.4 Å². The molecule has 3 amide bonds. The summed E-state index contributed by atoms with van der Waals surface area (Å²) >= 11 is 1.62. The molecule has 0 saturated carbocycles. The first kappa shape index (κ1) is 18.3. The molecule has 7 heteroatoms. The van der Waals surface area contributed by atoms with Crippen molar-refractivity contribution in [1.82, 2.24) is 10.4 Å². The van der Waals surface area contributed by atoms with Crippen molar-refractivity contribution in [3.8, 4) is 0 Å². The molecule has 4 aliphatic rings. The Kier molecular flexibility index (Phi) is 4.01. The number of nitrogens with zero attached hydrogens (tertiary/aromatic N) is 1. The summed E-state index contributed by atoms with van der Waals surface area (Å²) in [6, 6.07) is 0. The molecular weight excluding hydrogens is 376 g/mol. The van der Waals surface area contributed by atoms with Gasteiger partial charge in [-0.3, -0.25) is 19.8 Å². The number of nitrogens with one attached hydrogen (secondary N) is 1. The van der Waals surface area contributed by atoms with Crippen molar-refractivity contribution < 1.29 is 19.1 Å². The van der Waals surface area contributed by atoms with Crippen LogP contribution in [0.25, 0.3) is 0 Å². The lowest BCUT2D eigenvalue weighted by Gasteiger charge is -2.34. The van der Waals surface area contributed by atoms with E-state index in [4.69, 9.17) is 4.74 Å². The predicted octanol–water partition coefficient (Wildman–Crippen LogP) is 2.71. The molecule has 28 heavy (non-hydrogen) atoms. The summed E-state index contributed by atoms with van der Waals surface area (Å²) in [6.07, 6.45) is 4.21. The van der Waals surface area contributed by atoms with Crippen LogP contribution < -0.4 is 5.43 Å². The molecule has 3 fully saturated rings. The summed E-state index contributed by atoms with van der Waals surface area (Å²) in [5.74, 6) is -1.21. The molecule has 0 unspecified atom stereocenters. The van der Waals surface area contributed by atoms with Crippen LogP contribution in [-0.4, -0.2) is 34.9 Å². The maximum Gasteiger partial charge on any atom is 0.271 e. The number of rotatable bonds is 2. The summed E-state index contributed by atoms with van der Waals surface area (Å²) in [4.78, 5) is 39.7. The number of hydrogen-bond acceptors (Lipinski definition) is 5. The maximum atomic E-state index is 12.9. The van der Waals surface area contributed by atoms with Gasteiger partial charge in [-0.15, -0.1) is 11.3 Å².